The molecule has 0 aliphatic carbocycles. The molecular formula is C16H18Br2OS. The molecule has 108 valence electrons. The maximum atomic E-state index is 10.9. The molecule has 1 aromatic carbocycles. The lowest BCUT2D eigenvalue weighted by molar-refractivity contribution is 0.118. The van der Waals surface area contributed by atoms with Gasteiger partial charge in [0.2, 0.25) is 0 Å². The lowest BCUT2D eigenvalue weighted by Crippen LogP contribution is -2.18. The van der Waals surface area contributed by atoms with Crippen molar-refractivity contribution in [3.63, 3.8) is 0 Å². The zero-order valence-corrected chi connectivity index (χ0v) is 15.5. The monoisotopic (exact) mass is 416 g/mol. The first-order chi connectivity index (χ1) is 9.54. The highest BCUT2D eigenvalue weighted by Crippen LogP contribution is 2.44. The molecule has 2 aromatic rings. The van der Waals surface area contributed by atoms with E-state index < -0.39 is 6.10 Å². The fourth-order valence-corrected chi connectivity index (χ4v) is 5.41. The molecule has 20 heavy (non-hydrogen) atoms. The van der Waals surface area contributed by atoms with Crippen LogP contribution < -0.4 is 0 Å². The van der Waals surface area contributed by atoms with E-state index in [0.717, 1.165) is 19.6 Å². The van der Waals surface area contributed by atoms with E-state index in [9.17, 15) is 5.11 Å². The molecule has 2 rings (SSSR count). The van der Waals surface area contributed by atoms with E-state index in [1.165, 1.54) is 5.56 Å². The Morgan fingerprint density at radius 1 is 1.20 bits per heavy atom. The number of hydrogen-bond donors (Lipinski definition) is 1. The molecule has 4 heteroatoms. The Labute approximate surface area is 141 Å². The first-order valence-corrected chi connectivity index (χ1v) is 9.12. The minimum Gasteiger partial charge on any atom is -0.388 e. The van der Waals surface area contributed by atoms with Crippen molar-refractivity contribution in [2.75, 3.05) is 0 Å². The van der Waals surface area contributed by atoms with Crippen molar-refractivity contribution in [1.82, 2.24) is 0 Å². The normalized spacial score (nSPS) is 15.8. The quantitative estimate of drug-likeness (QED) is 0.619. The lowest BCUT2D eigenvalue weighted by Gasteiger charge is -2.28. The van der Waals surface area contributed by atoms with E-state index in [2.05, 4.69) is 57.8 Å². The van der Waals surface area contributed by atoms with Crippen molar-refractivity contribution in [2.24, 2.45) is 5.92 Å². The van der Waals surface area contributed by atoms with Crippen LogP contribution in [0.4, 0.5) is 0 Å². The smallest absolute Gasteiger partial charge is 0.0880 e. The number of hydrogen-bond acceptors (Lipinski definition) is 2. The minimum absolute atomic E-state index is 0.110. The summed E-state index contributed by atoms with van der Waals surface area (Å²) in [5.41, 5.74) is 2.17. The Kier molecular flexibility index (Phi) is 5.84. The zero-order chi connectivity index (χ0) is 14.7. The Bertz CT molecular complexity index is 553. The molecule has 0 saturated heterocycles. The summed E-state index contributed by atoms with van der Waals surface area (Å²) in [7, 11) is 0. The summed E-state index contributed by atoms with van der Waals surface area (Å²) in [5, 5.41) is 10.9. The number of halogens is 2. The summed E-state index contributed by atoms with van der Waals surface area (Å²) in [4.78, 5) is 0. The van der Waals surface area contributed by atoms with E-state index in [4.69, 9.17) is 0 Å². The highest BCUT2D eigenvalue weighted by molar-refractivity contribution is 9.12. The molecular weight excluding hydrogens is 400 g/mol. The average Bonchev–Trinajstić information content (AvgIpc) is 2.79. The third-order valence-corrected chi connectivity index (χ3v) is 6.17. The van der Waals surface area contributed by atoms with Crippen LogP contribution in [0.1, 0.15) is 43.4 Å². The molecule has 0 amide bonds. The second kappa shape index (κ2) is 7.21. The van der Waals surface area contributed by atoms with E-state index in [1.54, 1.807) is 11.3 Å². The Hall–Kier alpha value is -0.160. The summed E-state index contributed by atoms with van der Waals surface area (Å²) >= 11 is 8.65. The summed E-state index contributed by atoms with van der Waals surface area (Å²) in [6.45, 7) is 4.38. The van der Waals surface area contributed by atoms with Gasteiger partial charge in [0, 0.05) is 11.5 Å². The molecule has 1 aromatic heterocycles. The molecule has 0 bridgehead atoms. The highest BCUT2D eigenvalue weighted by atomic mass is 79.9. The van der Waals surface area contributed by atoms with Gasteiger partial charge in [-0.25, -0.2) is 0 Å². The Balaban J connectivity index is 2.39. The molecule has 3 unspecified atom stereocenters. The summed E-state index contributed by atoms with van der Waals surface area (Å²) < 4.78 is 2.04. The number of benzene rings is 1. The highest BCUT2D eigenvalue weighted by Gasteiger charge is 2.29. The van der Waals surface area contributed by atoms with E-state index >= 15 is 0 Å². The topological polar surface area (TPSA) is 20.2 Å². The number of rotatable bonds is 5. The molecule has 0 fully saturated rings. The van der Waals surface area contributed by atoms with Gasteiger partial charge in [0.1, 0.15) is 0 Å². The van der Waals surface area contributed by atoms with Crippen molar-refractivity contribution >= 4 is 43.2 Å². The summed E-state index contributed by atoms with van der Waals surface area (Å²) in [5.74, 6) is 0.525. The largest absolute Gasteiger partial charge is 0.388 e. The fraction of sp³-hybridized carbons (Fsp3) is 0.375. The average molecular weight is 418 g/mol. The van der Waals surface area contributed by atoms with Crippen molar-refractivity contribution in [2.45, 2.75) is 32.3 Å². The Morgan fingerprint density at radius 2 is 1.85 bits per heavy atom. The standard InChI is InChI=1S/C16H18Br2OS/c1-3-10(2)14(11-7-5-4-6-8-11)15(19)12-9-13(17)20-16(12)18/h4-10,14-15,19H,3H2,1-2H3. The van der Waals surface area contributed by atoms with Crippen molar-refractivity contribution < 1.29 is 5.11 Å². The second-order valence-electron chi connectivity index (χ2n) is 5.05. The van der Waals surface area contributed by atoms with Gasteiger partial charge in [0.05, 0.1) is 13.7 Å². The first-order valence-electron chi connectivity index (χ1n) is 6.72. The SMILES string of the molecule is CCC(C)C(c1ccccc1)C(O)c1cc(Br)sc1Br. The third-order valence-electron chi connectivity index (χ3n) is 3.78. The van der Waals surface area contributed by atoms with Crippen LogP contribution in [0.2, 0.25) is 0 Å². The van der Waals surface area contributed by atoms with Crippen LogP contribution in [-0.4, -0.2) is 5.11 Å². The molecule has 1 nitrogen and oxygen atoms in total. The van der Waals surface area contributed by atoms with Crippen LogP contribution in [0.5, 0.6) is 0 Å². The zero-order valence-electron chi connectivity index (χ0n) is 11.5. The predicted molar refractivity (Wildman–Crippen MR) is 93.3 cm³/mol. The molecule has 0 saturated carbocycles. The van der Waals surface area contributed by atoms with Crippen molar-refractivity contribution in [1.29, 1.82) is 0 Å². The van der Waals surface area contributed by atoms with E-state index in [0.29, 0.717) is 5.92 Å². The van der Waals surface area contributed by atoms with Crippen LogP contribution in [0.25, 0.3) is 0 Å². The van der Waals surface area contributed by atoms with Crippen LogP contribution in [0.15, 0.2) is 44.0 Å². The second-order valence-corrected chi connectivity index (χ2v) is 8.80. The fourth-order valence-electron chi connectivity index (χ4n) is 2.50. The predicted octanol–water partition coefficient (Wildman–Crippen LogP) is 6.14. The van der Waals surface area contributed by atoms with E-state index in [1.807, 2.05) is 24.3 Å². The maximum absolute atomic E-state index is 10.9. The third kappa shape index (κ3) is 3.53. The lowest BCUT2D eigenvalue weighted by atomic mass is 9.80. The molecule has 0 aliphatic rings. The van der Waals surface area contributed by atoms with Crippen LogP contribution in [0, 0.1) is 5.92 Å². The van der Waals surface area contributed by atoms with Crippen molar-refractivity contribution in [3.05, 3.63) is 55.1 Å². The van der Waals surface area contributed by atoms with Crippen LogP contribution >= 0.6 is 43.2 Å². The van der Waals surface area contributed by atoms with Crippen LogP contribution in [0.3, 0.4) is 0 Å². The minimum atomic E-state index is -0.496. The first kappa shape index (κ1) is 16.2. The molecule has 0 radical (unpaired) electrons. The molecule has 3 atom stereocenters. The van der Waals surface area contributed by atoms with Gasteiger partial charge in [-0.1, -0.05) is 50.6 Å². The van der Waals surface area contributed by atoms with Gasteiger partial charge >= 0.3 is 0 Å². The van der Waals surface area contributed by atoms with Gasteiger partial charge < -0.3 is 5.11 Å². The summed E-state index contributed by atoms with van der Waals surface area (Å²) in [6.07, 6.45) is 0.545. The summed E-state index contributed by atoms with van der Waals surface area (Å²) in [6, 6.07) is 12.3. The number of aliphatic hydroxyl groups excluding tert-OH is 1. The van der Waals surface area contributed by atoms with Crippen LogP contribution in [-0.2, 0) is 0 Å². The van der Waals surface area contributed by atoms with E-state index in [-0.39, 0.29) is 5.92 Å². The van der Waals surface area contributed by atoms with Gasteiger partial charge in [-0.15, -0.1) is 11.3 Å². The molecule has 1 heterocycles. The Morgan fingerprint density at radius 3 is 2.35 bits per heavy atom. The van der Waals surface area contributed by atoms with Gasteiger partial charge in [-0.3, -0.25) is 0 Å². The molecule has 0 spiro atoms. The number of aliphatic hydroxyl groups is 1. The van der Waals surface area contributed by atoms with Gasteiger partial charge in [-0.05, 0) is 49.4 Å². The van der Waals surface area contributed by atoms with Gasteiger partial charge in [0.15, 0.2) is 0 Å². The van der Waals surface area contributed by atoms with Crippen molar-refractivity contribution in [3.8, 4) is 0 Å². The van der Waals surface area contributed by atoms with Gasteiger partial charge in [0.25, 0.3) is 0 Å². The van der Waals surface area contributed by atoms with Gasteiger partial charge in [-0.2, -0.15) is 0 Å². The number of thiophene rings is 1. The maximum Gasteiger partial charge on any atom is 0.0880 e. The molecule has 1 N–H and O–H groups in total. The molecule has 0 aliphatic heterocycles.